The fourth-order valence-electron chi connectivity index (χ4n) is 1.11. The molecule has 6 heteroatoms. The molecule has 0 amide bonds. The second kappa shape index (κ2) is 4.54. The van der Waals surface area contributed by atoms with E-state index in [1.54, 1.807) is 11.3 Å². The molecule has 0 aliphatic rings. The number of thiophene rings is 1. The molecule has 2 rings (SSSR count). The van der Waals surface area contributed by atoms with Gasteiger partial charge in [0.05, 0.1) is 21.7 Å². The number of hydrogen-bond donors (Lipinski definition) is 2. The number of carbonyl (C=O) groups is 1. The lowest BCUT2D eigenvalue weighted by Crippen LogP contribution is -2.03. The Hall–Kier alpha value is -1.53. The smallest absolute Gasteiger partial charge is 0.337 e. The summed E-state index contributed by atoms with van der Waals surface area (Å²) >= 11 is 3.00. The molecule has 2 aromatic heterocycles. The molecule has 0 aliphatic heterocycles. The summed E-state index contributed by atoms with van der Waals surface area (Å²) in [6.45, 7) is 0. The Kier molecular flexibility index (Phi) is 3.12. The lowest BCUT2D eigenvalue weighted by atomic mass is 10.2. The van der Waals surface area contributed by atoms with Crippen molar-refractivity contribution in [2.45, 2.75) is 9.24 Å². The van der Waals surface area contributed by atoms with E-state index < -0.39 is 5.97 Å². The lowest BCUT2D eigenvalue weighted by molar-refractivity contribution is 0.0697. The van der Waals surface area contributed by atoms with Gasteiger partial charge in [-0.05, 0) is 17.5 Å². The number of rotatable bonds is 3. The molecule has 0 atom stereocenters. The van der Waals surface area contributed by atoms with Crippen LogP contribution in [-0.4, -0.2) is 16.1 Å². The van der Waals surface area contributed by atoms with Crippen molar-refractivity contribution < 1.29 is 9.90 Å². The molecular formula is C10H8N2O2S2. The largest absolute Gasteiger partial charge is 0.478 e. The molecule has 16 heavy (non-hydrogen) atoms. The van der Waals surface area contributed by atoms with Crippen LogP contribution in [0.3, 0.4) is 0 Å². The highest BCUT2D eigenvalue weighted by atomic mass is 32.2. The summed E-state index contributed by atoms with van der Waals surface area (Å²) in [6, 6.07) is 5.37. The number of carboxylic acid groups (broad SMARTS) is 1. The lowest BCUT2D eigenvalue weighted by Gasteiger charge is -2.02. The van der Waals surface area contributed by atoms with Crippen LogP contribution in [0.15, 0.2) is 39.0 Å². The van der Waals surface area contributed by atoms with Gasteiger partial charge >= 0.3 is 5.97 Å². The van der Waals surface area contributed by atoms with E-state index in [2.05, 4.69) is 4.98 Å². The zero-order valence-electron chi connectivity index (χ0n) is 8.08. The molecule has 4 nitrogen and oxygen atoms in total. The van der Waals surface area contributed by atoms with Crippen molar-refractivity contribution in [2.24, 2.45) is 0 Å². The minimum atomic E-state index is -1.03. The molecule has 0 saturated heterocycles. The van der Waals surface area contributed by atoms with E-state index in [1.165, 1.54) is 24.0 Å². The molecule has 0 aromatic carbocycles. The van der Waals surface area contributed by atoms with Gasteiger partial charge in [0.15, 0.2) is 0 Å². The van der Waals surface area contributed by atoms with Gasteiger partial charge in [-0.2, -0.15) is 0 Å². The Bertz CT molecular complexity index is 512. The number of nitrogen functional groups attached to an aromatic ring is 1. The molecule has 0 spiro atoms. The standard InChI is InChI=1S/C10H8N2O2S2/c11-7-5-12-8(4-6(7)10(13)14)16-9-2-1-3-15-9/h1-5H,11H2,(H,13,14). The first-order chi connectivity index (χ1) is 7.66. The summed E-state index contributed by atoms with van der Waals surface area (Å²) in [6.07, 6.45) is 1.37. The predicted octanol–water partition coefficient (Wildman–Crippen LogP) is 2.57. The second-order valence-corrected chi connectivity index (χ2v) is 5.22. The minimum absolute atomic E-state index is 0.0917. The average molecular weight is 252 g/mol. The molecule has 82 valence electrons. The SMILES string of the molecule is Nc1cnc(Sc2cccs2)cc1C(=O)O. The Morgan fingerprint density at radius 1 is 1.56 bits per heavy atom. The third-order valence-corrected chi connectivity index (χ3v) is 3.81. The molecule has 0 saturated carbocycles. The van der Waals surface area contributed by atoms with Crippen LogP contribution in [0.4, 0.5) is 5.69 Å². The third kappa shape index (κ3) is 2.34. The zero-order valence-corrected chi connectivity index (χ0v) is 9.72. The van der Waals surface area contributed by atoms with Crippen molar-refractivity contribution >= 4 is 34.8 Å². The van der Waals surface area contributed by atoms with E-state index >= 15 is 0 Å². The molecule has 2 heterocycles. The predicted molar refractivity (Wildman–Crippen MR) is 64.1 cm³/mol. The van der Waals surface area contributed by atoms with Crippen molar-refractivity contribution in [1.82, 2.24) is 4.98 Å². The monoisotopic (exact) mass is 252 g/mol. The number of hydrogen-bond acceptors (Lipinski definition) is 5. The summed E-state index contributed by atoms with van der Waals surface area (Å²) < 4.78 is 1.06. The molecule has 3 N–H and O–H groups in total. The Morgan fingerprint density at radius 2 is 2.38 bits per heavy atom. The van der Waals surface area contributed by atoms with Crippen LogP contribution in [0.25, 0.3) is 0 Å². The van der Waals surface area contributed by atoms with Crippen molar-refractivity contribution in [2.75, 3.05) is 5.73 Å². The van der Waals surface area contributed by atoms with E-state index in [-0.39, 0.29) is 11.3 Å². The van der Waals surface area contributed by atoms with Crippen LogP contribution >= 0.6 is 23.1 Å². The van der Waals surface area contributed by atoms with Crippen LogP contribution in [-0.2, 0) is 0 Å². The molecule has 0 bridgehead atoms. The first kappa shape index (κ1) is 11.0. The van der Waals surface area contributed by atoms with E-state index in [9.17, 15) is 4.79 Å². The van der Waals surface area contributed by atoms with Crippen LogP contribution in [0.1, 0.15) is 10.4 Å². The highest BCUT2D eigenvalue weighted by Crippen LogP contribution is 2.31. The van der Waals surface area contributed by atoms with Crippen LogP contribution in [0, 0.1) is 0 Å². The fourth-order valence-corrected chi connectivity index (χ4v) is 2.81. The quantitative estimate of drug-likeness (QED) is 0.878. The maximum absolute atomic E-state index is 10.9. The first-order valence-electron chi connectivity index (χ1n) is 4.37. The van der Waals surface area contributed by atoms with Gasteiger partial charge in [-0.15, -0.1) is 11.3 Å². The number of anilines is 1. The topological polar surface area (TPSA) is 76.2 Å². The normalized spacial score (nSPS) is 10.2. The van der Waals surface area contributed by atoms with Gasteiger partial charge in [0.25, 0.3) is 0 Å². The van der Waals surface area contributed by atoms with E-state index in [0.29, 0.717) is 5.03 Å². The van der Waals surface area contributed by atoms with Gasteiger partial charge in [-0.25, -0.2) is 9.78 Å². The maximum Gasteiger partial charge on any atom is 0.337 e. The zero-order chi connectivity index (χ0) is 11.5. The summed E-state index contributed by atoms with van der Waals surface area (Å²) in [7, 11) is 0. The number of aromatic carboxylic acids is 1. The average Bonchev–Trinajstić information content (AvgIpc) is 2.73. The first-order valence-corrected chi connectivity index (χ1v) is 6.06. The van der Waals surface area contributed by atoms with E-state index in [1.807, 2.05) is 17.5 Å². The number of pyridine rings is 1. The van der Waals surface area contributed by atoms with Gasteiger partial charge in [0.1, 0.15) is 5.03 Å². The Labute approximate surface area is 100 Å². The van der Waals surface area contributed by atoms with Gasteiger partial charge in [0, 0.05) is 0 Å². The number of aromatic nitrogens is 1. The molecule has 0 unspecified atom stereocenters. The second-order valence-electron chi connectivity index (χ2n) is 2.95. The van der Waals surface area contributed by atoms with Gasteiger partial charge in [0.2, 0.25) is 0 Å². The fraction of sp³-hybridized carbons (Fsp3) is 0. The van der Waals surface area contributed by atoms with E-state index in [4.69, 9.17) is 10.8 Å². The summed E-state index contributed by atoms with van der Waals surface area (Å²) in [5.74, 6) is -1.03. The third-order valence-electron chi connectivity index (χ3n) is 1.84. The van der Waals surface area contributed by atoms with Crippen LogP contribution in [0.5, 0.6) is 0 Å². The molecular weight excluding hydrogens is 244 g/mol. The van der Waals surface area contributed by atoms with Crippen molar-refractivity contribution in [1.29, 1.82) is 0 Å². The van der Waals surface area contributed by atoms with Crippen LogP contribution < -0.4 is 5.73 Å². The molecule has 0 aliphatic carbocycles. The summed E-state index contributed by atoms with van der Waals surface area (Å²) in [4.78, 5) is 14.9. The van der Waals surface area contributed by atoms with E-state index in [0.717, 1.165) is 4.21 Å². The maximum atomic E-state index is 10.9. The van der Waals surface area contributed by atoms with Crippen molar-refractivity contribution in [3.63, 3.8) is 0 Å². The number of carboxylic acids is 1. The van der Waals surface area contributed by atoms with Crippen molar-refractivity contribution in [3.05, 3.63) is 35.3 Å². The molecule has 0 fully saturated rings. The van der Waals surface area contributed by atoms with Crippen molar-refractivity contribution in [3.8, 4) is 0 Å². The van der Waals surface area contributed by atoms with Gasteiger partial charge in [-0.1, -0.05) is 17.8 Å². The minimum Gasteiger partial charge on any atom is -0.478 e. The van der Waals surface area contributed by atoms with Gasteiger partial charge in [-0.3, -0.25) is 0 Å². The number of nitrogens with two attached hydrogens (primary N) is 1. The Balaban J connectivity index is 2.29. The molecule has 0 radical (unpaired) electrons. The molecule has 2 aromatic rings. The van der Waals surface area contributed by atoms with Crippen LogP contribution in [0.2, 0.25) is 0 Å². The highest BCUT2D eigenvalue weighted by Gasteiger charge is 2.10. The number of nitrogens with zero attached hydrogens (tertiary/aromatic N) is 1. The summed E-state index contributed by atoms with van der Waals surface area (Å²) in [5, 5.41) is 11.5. The Morgan fingerprint density at radius 3 is 3.00 bits per heavy atom. The van der Waals surface area contributed by atoms with Gasteiger partial charge < -0.3 is 10.8 Å². The highest BCUT2D eigenvalue weighted by molar-refractivity contribution is 8.01. The summed E-state index contributed by atoms with van der Waals surface area (Å²) in [5.41, 5.74) is 5.79.